The second-order valence-electron chi connectivity index (χ2n) is 4.78. The van der Waals surface area contributed by atoms with Crippen LogP contribution in [-0.4, -0.2) is 13.1 Å². The van der Waals surface area contributed by atoms with E-state index in [9.17, 15) is 18.0 Å². The lowest BCUT2D eigenvalue weighted by Crippen LogP contribution is -2.15. The Morgan fingerprint density at radius 1 is 1.09 bits per heavy atom. The average molecular weight is 309 g/mol. The number of ether oxygens (including phenoxy) is 1. The second-order valence-corrected chi connectivity index (χ2v) is 4.78. The maximum absolute atomic E-state index is 13.6. The summed E-state index contributed by atoms with van der Waals surface area (Å²) >= 11 is 0. The molecule has 0 unspecified atom stereocenters. The van der Waals surface area contributed by atoms with E-state index in [1.54, 1.807) is 12.1 Å². The van der Waals surface area contributed by atoms with Gasteiger partial charge in [-0.05, 0) is 35.7 Å². The van der Waals surface area contributed by atoms with Gasteiger partial charge in [-0.1, -0.05) is 12.1 Å². The van der Waals surface area contributed by atoms with Gasteiger partial charge in [0.1, 0.15) is 5.82 Å². The van der Waals surface area contributed by atoms with Crippen molar-refractivity contribution in [2.45, 2.75) is 12.5 Å². The molecular formula is C16H14F3NO2. The zero-order valence-electron chi connectivity index (χ0n) is 11.8. The first kappa shape index (κ1) is 16.0. The number of carbonyl (C=O) groups excluding carboxylic acids is 1. The molecular weight excluding hydrogens is 295 g/mol. The number of hydrogen-bond donors (Lipinski definition) is 1. The van der Waals surface area contributed by atoms with Crippen LogP contribution in [0.15, 0.2) is 36.4 Å². The van der Waals surface area contributed by atoms with Gasteiger partial charge < -0.3 is 10.5 Å². The number of methoxy groups -OCH3 is 1. The minimum absolute atomic E-state index is 0.000599. The van der Waals surface area contributed by atoms with E-state index in [-0.39, 0.29) is 12.0 Å². The lowest BCUT2D eigenvalue weighted by atomic mass is 9.98. The SMILES string of the molecule is COC(=O)c1ccc([C@@H](N)Cc2cc(F)c(F)cc2F)cc1. The van der Waals surface area contributed by atoms with Crippen LogP contribution in [-0.2, 0) is 11.2 Å². The topological polar surface area (TPSA) is 52.3 Å². The van der Waals surface area contributed by atoms with Gasteiger partial charge in [-0.15, -0.1) is 0 Å². The predicted molar refractivity (Wildman–Crippen MR) is 74.7 cm³/mol. The summed E-state index contributed by atoms with van der Waals surface area (Å²) < 4.78 is 44.2. The summed E-state index contributed by atoms with van der Waals surface area (Å²) in [6.45, 7) is 0. The maximum atomic E-state index is 13.6. The summed E-state index contributed by atoms with van der Waals surface area (Å²) in [5.41, 5.74) is 6.93. The van der Waals surface area contributed by atoms with Crippen LogP contribution < -0.4 is 5.73 Å². The third-order valence-electron chi connectivity index (χ3n) is 3.29. The van der Waals surface area contributed by atoms with Crippen molar-refractivity contribution in [1.82, 2.24) is 0 Å². The monoisotopic (exact) mass is 309 g/mol. The van der Waals surface area contributed by atoms with E-state index < -0.39 is 29.5 Å². The molecule has 2 aromatic carbocycles. The van der Waals surface area contributed by atoms with Crippen molar-refractivity contribution in [1.29, 1.82) is 0 Å². The molecule has 116 valence electrons. The first-order valence-electron chi connectivity index (χ1n) is 6.49. The van der Waals surface area contributed by atoms with Gasteiger partial charge in [0.25, 0.3) is 0 Å². The first-order valence-corrected chi connectivity index (χ1v) is 6.49. The van der Waals surface area contributed by atoms with E-state index in [0.717, 1.165) is 6.07 Å². The van der Waals surface area contributed by atoms with E-state index >= 15 is 0 Å². The highest BCUT2D eigenvalue weighted by Crippen LogP contribution is 2.21. The molecule has 3 nitrogen and oxygen atoms in total. The van der Waals surface area contributed by atoms with Crippen molar-refractivity contribution in [3.63, 3.8) is 0 Å². The summed E-state index contributed by atoms with van der Waals surface area (Å²) in [7, 11) is 1.27. The third-order valence-corrected chi connectivity index (χ3v) is 3.29. The van der Waals surface area contributed by atoms with E-state index in [2.05, 4.69) is 4.74 Å². The number of esters is 1. The molecule has 0 saturated carbocycles. The van der Waals surface area contributed by atoms with Crippen LogP contribution in [0.1, 0.15) is 27.5 Å². The molecule has 2 rings (SSSR count). The Morgan fingerprint density at radius 3 is 2.27 bits per heavy atom. The Labute approximate surface area is 125 Å². The second kappa shape index (κ2) is 6.62. The van der Waals surface area contributed by atoms with Gasteiger partial charge in [-0.3, -0.25) is 0 Å². The molecule has 1 atom stereocenters. The minimum atomic E-state index is -1.24. The molecule has 0 aliphatic heterocycles. The minimum Gasteiger partial charge on any atom is -0.465 e. The lowest BCUT2D eigenvalue weighted by Gasteiger charge is -2.13. The van der Waals surface area contributed by atoms with Crippen molar-refractivity contribution in [2.75, 3.05) is 7.11 Å². The lowest BCUT2D eigenvalue weighted by molar-refractivity contribution is 0.0600. The van der Waals surface area contributed by atoms with Gasteiger partial charge in [0.2, 0.25) is 0 Å². The van der Waals surface area contributed by atoms with Crippen LogP contribution in [0.3, 0.4) is 0 Å². The number of nitrogens with two attached hydrogens (primary N) is 1. The van der Waals surface area contributed by atoms with E-state index in [4.69, 9.17) is 5.73 Å². The Kier molecular flexibility index (Phi) is 4.82. The third kappa shape index (κ3) is 3.46. The summed E-state index contributed by atoms with van der Waals surface area (Å²) in [6, 6.07) is 6.95. The van der Waals surface area contributed by atoms with Crippen LogP contribution in [0.4, 0.5) is 13.2 Å². The molecule has 0 bridgehead atoms. The zero-order valence-corrected chi connectivity index (χ0v) is 11.8. The van der Waals surface area contributed by atoms with Gasteiger partial charge >= 0.3 is 5.97 Å². The van der Waals surface area contributed by atoms with Crippen molar-refractivity contribution in [2.24, 2.45) is 5.73 Å². The van der Waals surface area contributed by atoms with Gasteiger partial charge in [0.05, 0.1) is 12.7 Å². The quantitative estimate of drug-likeness (QED) is 0.697. The number of rotatable bonds is 4. The summed E-state index contributed by atoms with van der Waals surface area (Å²) in [4.78, 5) is 11.3. The van der Waals surface area contributed by atoms with Gasteiger partial charge in [-0.2, -0.15) is 0 Å². The van der Waals surface area contributed by atoms with Gasteiger partial charge in [-0.25, -0.2) is 18.0 Å². The molecule has 2 N–H and O–H groups in total. The van der Waals surface area contributed by atoms with Crippen molar-refractivity contribution >= 4 is 5.97 Å². The highest BCUT2D eigenvalue weighted by Gasteiger charge is 2.15. The Balaban J connectivity index is 2.17. The molecule has 0 amide bonds. The van der Waals surface area contributed by atoms with Crippen LogP contribution in [0.5, 0.6) is 0 Å². The normalized spacial score (nSPS) is 12.0. The standard InChI is InChI=1S/C16H14F3NO2/c1-22-16(21)10-4-2-9(3-5-10)15(20)7-11-6-13(18)14(19)8-12(11)17/h2-6,8,15H,7,20H2,1H3/t15-/m0/s1. The largest absolute Gasteiger partial charge is 0.465 e. The highest BCUT2D eigenvalue weighted by molar-refractivity contribution is 5.89. The molecule has 0 heterocycles. The maximum Gasteiger partial charge on any atom is 0.337 e. The predicted octanol–water partition coefficient (Wildman–Crippen LogP) is 3.13. The molecule has 0 spiro atoms. The average Bonchev–Trinajstić information content (AvgIpc) is 2.52. The van der Waals surface area contributed by atoms with Gasteiger partial charge in [0, 0.05) is 12.1 Å². The highest BCUT2D eigenvalue weighted by atomic mass is 19.2. The summed E-state index contributed by atoms with van der Waals surface area (Å²) in [5.74, 6) is -3.69. The summed E-state index contributed by atoms with van der Waals surface area (Å²) in [5, 5.41) is 0. The zero-order chi connectivity index (χ0) is 16.3. The van der Waals surface area contributed by atoms with Crippen LogP contribution in [0.2, 0.25) is 0 Å². The van der Waals surface area contributed by atoms with Crippen molar-refractivity contribution < 1.29 is 22.7 Å². The van der Waals surface area contributed by atoms with Crippen LogP contribution in [0.25, 0.3) is 0 Å². The number of carbonyl (C=O) groups is 1. The number of benzene rings is 2. The fourth-order valence-electron chi connectivity index (χ4n) is 2.06. The molecule has 0 aliphatic rings. The molecule has 2 aromatic rings. The number of halogens is 3. The van der Waals surface area contributed by atoms with Crippen molar-refractivity contribution in [3.8, 4) is 0 Å². The molecule has 0 fully saturated rings. The van der Waals surface area contributed by atoms with Crippen LogP contribution >= 0.6 is 0 Å². The molecule has 0 saturated heterocycles. The van der Waals surface area contributed by atoms with Crippen LogP contribution in [0, 0.1) is 17.5 Å². The fourth-order valence-corrected chi connectivity index (χ4v) is 2.06. The first-order chi connectivity index (χ1) is 10.4. The summed E-state index contributed by atoms with van der Waals surface area (Å²) in [6.07, 6.45) is 0.000599. The van der Waals surface area contributed by atoms with E-state index in [1.807, 2.05) is 0 Å². The molecule has 0 aliphatic carbocycles. The van der Waals surface area contributed by atoms with E-state index in [1.165, 1.54) is 19.2 Å². The smallest absolute Gasteiger partial charge is 0.337 e. The molecule has 22 heavy (non-hydrogen) atoms. The Bertz CT molecular complexity index is 687. The fraction of sp³-hybridized carbons (Fsp3) is 0.188. The van der Waals surface area contributed by atoms with Gasteiger partial charge in [0.15, 0.2) is 11.6 Å². The van der Waals surface area contributed by atoms with E-state index in [0.29, 0.717) is 17.2 Å². The number of hydrogen-bond acceptors (Lipinski definition) is 3. The molecule has 0 radical (unpaired) electrons. The molecule has 0 aromatic heterocycles. The molecule has 6 heteroatoms. The Hall–Kier alpha value is -2.34. The Morgan fingerprint density at radius 2 is 1.68 bits per heavy atom. The van der Waals surface area contributed by atoms with Crippen molar-refractivity contribution in [3.05, 3.63) is 70.5 Å².